The van der Waals surface area contributed by atoms with Crippen molar-refractivity contribution in [1.29, 1.82) is 0 Å². The first-order valence-corrected chi connectivity index (χ1v) is 11.2. The molecule has 0 aliphatic carbocycles. The first-order chi connectivity index (χ1) is 15.9. The number of amides is 2. The molecule has 2 N–H and O–H groups in total. The summed E-state index contributed by atoms with van der Waals surface area (Å²) < 4.78 is 5.92. The van der Waals surface area contributed by atoms with E-state index in [1.807, 2.05) is 43.3 Å². The van der Waals surface area contributed by atoms with Gasteiger partial charge in [0.2, 0.25) is 5.91 Å². The minimum atomic E-state index is -1.02. The van der Waals surface area contributed by atoms with Crippen molar-refractivity contribution in [3.63, 3.8) is 0 Å². The molecule has 0 bridgehead atoms. The zero-order valence-corrected chi connectivity index (χ0v) is 18.6. The molecule has 0 aromatic heterocycles. The number of thioether (sulfide) groups is 1. The van der Waals surface area contributed by atoms with Gasteiger partial charge in [-0.25, -0.2) is 4.79 Å². The summed E-state index contributed by atoms with van der Waals surface area (Å²) in [6.45, 7) is 1.98. The molecule has 0 radical (unpaired) electrons. The molecule has 6 nitrogen and oxygen atoms in total. The first-order valence-electron chi connectivity index (χ1n) is 10.3. The van der Waals surface area contributed by atoms with Gasteiger partial charge in [0.25, 0.3) is 5.24 Å². The molecule has 1 unspecified atom stereocenters. The lowest BCUT2D eigenvalue weighted by molar-refractivity contribution is -0.130. The van der Waals surface area contributed by atoms with Crippen LogP contribution < -0.4 is 10.1 Å². The van der Waals surface area contributed by atoms with Crippen molar-refractivity contribution in [3.8, 4) is 11.5 Å². The summed E-state index contributed by atoms with van der Waals surface area (Å²) in [5, 5.41) is 11.3. The summed E-state index contributed by atoms with van der Waals surface area (Å²) in [4.78, 5) is 35.0. The number of hydrogen-bond acceptors (Lipinski definition) is 5. The van der Waals surface area contributed by atoms with Gasteiger partial charge in [-0.3, -0.25) is 14.9 Å². The minimum absolute atomic E-state index is 0.168. The number of carbonyl (C=O) groups excluding carboxylic acids is 2. The Balaban J connectivity index is 1.49. The molecule has 1 aliphatic heterocycles. The van der Waals surface area contributed by atoms with E-state index in [1.54, 1.807) is 42.5 Å². The molecule has 1 saturated heterocycles. The lowest BCUT2D eigenvalue weighted by Gasteiger charge is -2.10. The number of aryl methyl sites for hydroxylation is 1. The number of carbonyl (C=O) groups is 3. The predicted molar refractivity (Wildman–Crippen MR) is 128 cm³/mol. The molecule has 166 valence electrons. The summed E-state index contributed by atoms with van der Waals surface area (Å²) in [5.74, 6) is -0.207. The zero-order valence-electron chi connectivity index (χ0n) is 17.8. The number of rotatable bonds is 7. The fraction of sp³-hybridized carbons (Fsp3) is 0.115. The molecule has 33 heavy (non-hydrogen) atoms. The van der Waals surface area contributed by atoms with E-state index in [1.165, 1.54) is 0 Å². The zero-order chi connectivity index (χ0) is 23.4. The second kappa shape index (κ2) is 9.75. The topological polar surface area (TPSA) is 92.7 Å². The molecular weight excluding hydrogens is 438 g/mol. The third-order valence-corrected chi connectivity index (χ3v) is 6.09. The molecule has 3 aromatic rings. The van der Waals surface area contributed by atoms with Crippen molar-refractivity contribution < 1.29 is 24.2 Å². The highest BCUT2D eigenvalue weighted by atomic mass is 32.2. The van der Waals surface area contributed by atoms with Crippen molar-refractivity contribution in [2.45, 2.75) is 18.6 Å². The Bertz CT molecular complexity index is 1230. The van der Waals surface area contributed by atoms with Crippen LogP contribution in [0.25, 0.3) is 11.6 Å². The highest BCUT2D eigenvalue weighted by Gasteiger charge is 2.31. The van der Waals surface area contributed by atoms with Crippen LogP contribution in [0.5, 0.6) is 11.5 Å². The maximum atomic E-state index is 11.9. The van der Waals surface area contributed by atoms with Crippen LogP contribution in [0.3, 0.4) is 0 Å². The van der Waals surface area contributed by atoms with Gasteiger partial charge < -0.3 is 9.84 Å². The molecule has 3 aromatic carbocycles. The maximum Gasteiger partial charge on any atom is 0.336 e. The first kappa shape index (κ1) is 22.4. The highest BCUT2D eigenvalue weighted by Crippen LogP contribution is 2.28. The average molecular weight is 460 g/mol. The van der Waals surface area contributed by atoms with Gasteiger partial charge in [-0.2, -0.15) is 0 Å². The number of carboxylic acids is 1. The molecule has 0 saturated carbocycles. The number of hydrogen-bond donors (Lipinski definition) is 2. The number of aliphatic carboxylic acids is 1. The fourth-order valence-electron chi connectivity index (χ4n) is 3.40. The molecule has 7 heteroatoms. The lowest BCUT2D eigenvalue weighted by atomic mass is 10.0. The Hall–Kier alpha value is -3.84. The van der Waals surface area contributed by atoms with Gasteiger partial charge >= 0.3 is 5.97 Å². The van der Waals surface area contributed by atoms with E-state index in [-0.39, 0.29) is 16.7 Å². The minimum Gasteiger partial charge on any atom is -0.478 e. The van der Waals surface area contributed by atoms with Gasteiger partial charge in [-0.1, -0.05) is 65.9 Å². The summed E-state index contributed by atoms with van der Waals surface area (Å²) in [5.41, 5.74) is 3.51. The number of imide groups is 1. The summed E-state index contributed by atoms with van der Waals surface area (Å²) in [6.07, 6.45) is 2.08. The SMILES string of the molecule is Cc1ccc(/C=C(/C(=O)O)c2cccc(Oc3ccc(CC4SC(=O)NC4=O)cc3)c2)cc1. The second-order valence-electron chi connectivity index (χ2n) is 7.64. The molecule has 1 atom stereocenters. The third kappa shape index (κ3) is 5.70. The quantitative estimate of drug-likeness (QED) is 0.368. The van der Waals surface area contributed by atoms with E-state index in [0.29, 0.717) is 23.5 Å². The lowest BCUT2D eigenvalue weighted by Crippen LogP contribution is -2.25. The second-order valence-corrected chi connectivity index (χ2v) is 8.81. The maximum absolute atomic E-state index is 11.9. The molecule has 0 spiro atoms. The Morgan fingerprint density at radius 1 is 1.03 bits per heavy atom. The molecule has 1 aliphatic rings. The van der Waals surface area contributed by atoms with Gasteiger partial charge in [0, 0.05) is 0 Å². The summed E-state index contributed by atoms with van der Waals surface area (Å²) in [6, 6.07) is 21.8. The van der Waals surface area contributed by atoms with E-state index in [4.69, 9.17) is 4.74 Å². The largest absolute Gasteiger partial charge is 0.478 e. The van der Waals surface area contributed by atoms with E-state index >= 15 is 0 Å². The van der Waals surface area contributed by atoms with Crippen LogP contribution in [0.2, 0.25) is 0 Å². The van der Waals surface area contributed by atoms with Crippen LogP contribution in [0, 0.1) is 6.92 Å². The predicted octanol–water partition coefficient (Wildman–Crippen LogP) is 5.31. The van der Waals surface area contributed by atoms with E-state index < -0.39 is 11.2 Å². The van der Waals surface area contributed by atoms with Crippen molar-refractivity contribution in [3.05, 3.63) is 95.1 Å². The van der Waals surface area contributed by atoms with Gasteiger partial charge in [-0.15, -0.1) is 0 Å². The average Bonchev–Trinajstić information content (AvgIpc) is 3.11. The van der Waals surface area contributed by atoms with Crippen molar-refractivity contribution in [1.82, 2.24) is 5.32 Å². The number of nitrogens with one attached hydrogen (secondary N) is 1. The van der Waals surface area contributed by atoms with Crippen molar-refractivity contribution >= 4 is 40.5 Å². The van der Waals surface area contributed by atoms with Crippen molar-refractivity contribution in [2.75, 3.05) is 0 Å². The normalized spacial score (nSPS) is 15.9. The Kier molecular flexibility index (Phi) is 6.60. The Morgan fingerprint density at radius 3 is 2.39 bits per heavy atom. The van der Waals surface area contributed by atoms with E-state index in [0.717, 1.165) is 28.5 Å². The van der Waals surface area contributed by atoms with Crippen LogP contribution in [0.1, 0.15) is 22.3 Å². The standard InChI is InChI=1S/C26H21NO5S/c1-16-5-7-17(8-6-16)13-22(25(29)30)19-3-2-4-21(15-19)32-20-11-9-18(10-12-20)14-23-24(28)27-26(31)33-23/h2-13,15,23H,14H2,1H3,(H,29,30)(H,27,28,31)/b22-13+. The fourth-order valence-corrected chi connectivity index (χ4v) is 4.26. The Morgan fingerprint density at radius 2 is 1.76 bits per heavy atom. The van der Waals surface area contributed by atoms with Crippen molar-refractivity contribution in [2.24, 2.45) is 0 Å². The number of benzene rings is 3. The van der Waals surface area contributed by atoms with Gasteiger partial charge in [0.1, 0.15) is 11.5 Å². The molecule has 4 rings (SSSR count). The smallest absolute Gasteiger partial charge is 0.336 e. The third-order valence-electron chi connectivity index (χ3n) is 5.11. The summed E-state index contributed by atoms with van der Waals surface area (Å²) in [7, 11) is 0. The number of ether oxygens (including phenoxy) is 1. The number of carboxylic acid groups (broad SMARTS) is 1. The molecule has 1 fully saturated rings. The monoisotopic (exact) mass is 459 g/mol. The van der Waals surface area contributed by atoms with Gasteiger partial charge in [0.15, 0.2) is 0 Å². The van der Waals surface area contributed by atoms with E-state index in [2.05, 4.69) is 5.32 Å². The van der Waals surface area contributed by atoms with Crippen LogP contribution in [-0.4, -0.2) is 27.5 Å². The van der Waals surface area contributed by atoms with Crippen LogP contribution in [0.4, 0.5) is 4.79 Å². The highest BCUT2D eigenvalue weighted by molar-refractivity contribution is 8.15. The van der Waals surface area contributed by atoms with Crippen LogP contribution in [0.15, 0.2) is 72.8 Å². The molecular formula is C26H21NO5S. The molecule has 2 amide bonds. The van der Waals surface area contributed by atoms with E-state index in [9.17, 15) is 19.5 Å². The van der Waals surface area contributed by atoms with Crippen LogP contribution in [-0.2, 0) is 16.0 Å². The Labute approximate surface area is 195 Å². The van der Waals surface area contributed by atoms with Crippen LogP contribution >= 0.6 is 11.8 Å². The van der Waals surface area contributed by atoms with Gasteiger partial charge in [0.05, 0.1) is 10.8 Å². The molecule has 1 heterocycles. The van der Waals surface area contributed by atoms with Gasteiger partial charge in [-0.05, 0) is 60.4 Å². The summed E-state index contributed by atoms with van der Waals surface area (Å²) >= 11 is 0.999.